The largest absolute Gasteiger partial charge is 0.497 e. The Morgan fingerprint density at radius 3 is 2.42 bits per heavy atom. The highest BCUT2D eigenvalue weighted by Gasteiger charge is 2.45. The average molecular weight is 579 g/mol. The number of rotatable bonds is 9. The fourth-order valence-electron chi connectivity index (χ4n) is 4.65. The second kappa shape index (κ2) is 12.1. The molecule has 3 aromatic rings. The van der Waals surface area contributed by atoms with Gasteiger partial charge >= 0.3 is 6.61 Å². The molecule has 1 aliphatic heterocycles. The zero-order valence-electron chi connectivity index (χ0n) is 21.4. The Kier molecular flexibility index (Phi) is 8.78. The maximum Gasteiger partial charge on any atom is 0.387 e. The number of carbonyl (C=O) groups is 2. The number of benzene rings is 2. The van der Waals surface area contributed by atoms with E-state index in [4.69, 9.17) is 4.74 Å². The molecule has 1 aromatic heterocycles. The lowest BCUT2D eigenvalue weighted by Gasteiger charge is -2.21. The van der Waals surface area contributed by atoms with E-state index in [-0.39, 0.29) is 41.4 Å². The highest BCUT2D eigenvalue weighted by atomic mass is 31.0. The van der Waals surface area contributed by atoms with E-state index >= 15 is 4.39 Å². The summed E-state index contributed by atoms with van der Waals surface area (Å²) in [6.07, 6.45) is 0.0671. The monoisotopic (exact) mass is 579 g/mol. The van der Waals surface area contributed by atoms with Crippen LogP contribution >= 0.6 is 9.24 Å². The molecule has 1 aliphatic rings. The van der Waals surface area contributed by atoms with Gasteiger partial charge < -0.3 is 24.3 Å². The van der Waals surface area contributed by atoms with Crippen LogP contribution in [0.3, 0.4) is 0 Å². The molecule has 2 amide bonds. The van der Waals surface area contributed by atoms with Crippen molar-refractivity contribution in [2.45, 2.75) is 38.2 Å². The first kappa shape index (κ1) is 29.1. The van der Waals surface area contributed by atoms with Crippen molar-refractivity contribution in [2.75, 3.05) is 18.6 Å². The Morgan fingerprint density at radius 2 is 1.82 bits per heavy atom. The van der Waals surface area contributed by atoms with Crippen molar-refractivity contribution >= 4 is 32.0 Å². The predicted octanol–water partition coefficient (Wildman–Crippen LogP) is 3.38. The average Bonchev–Trinajstić information content (AvgIpc) is 3.19. The van der Waals surface area contributed by atoms with Crippen molar-refractivity contribution in [3.05, 3.63) is 82.0 Å². The summed E-state index contributed by atoms with van der Waals surface area (Å²) in [6.45, 7) is -2.15. The maximum absolute atomic E-state index is 15.4. The summed E-state index contributed by atoms with van der Waals surface area (Å²) in [6, 6.07) is 9.10. The van der Waals surface area contributed by atoms with Gasteiger partial charge in [0.1, 0.15) is 35.2 Å². The van der Waals surface area contributed by atoms with Crippen LogP contribution in [0.2, 0.25) is 0 Å². The number of nitrogens with one attached hydrogen (secondary N) is 1. The SMILES string of the molecule is COc1cc(F)c([C@@H]2CN(c3cccn(CC(C)F)c3=O)C(=O)[C@H]2NC(=O)c2ccc(OC(F)F)cc2)c(P)c1. The van der Waals surface area contributed by atoms with Crippen LogP contribution in [0.15, 0.2) is 59.5 Å². The van der Waals surface area contributed by atoms with Gasteiger partial charge in [0.25, 0.3) is 11.5 Å². The fourth-order valence-corrected chi connectivity index (χ4v) is 5.16. The molecule has 0 bridgehead atoms. The lowest BCUT2D eigenvalue weighted by atomic mass is 9.93. The standard InChI is InChI=1S/C27H26F4N3O5P/c1-14(28)12-33-9-3-4-20(25(33)36)34-13-18(22-19(29)10-17(38-2)11-21(22)40)23(26(34)37)32-24(35)15-5-7-16(8-6-15)39-27(30)31/h3-11,14,18,23,27H,12-13,40H2,1-2H3,(H,32,35)/t14?,18-,23-/m0/s1. The lowest BCUT2D eigenvalue weighted by Crippen LogP contribution is -2.45. The van der Waals surface area contributed by atoms with Crippen LogP contribution < -0.4 is 30.6 Å². The van der Waals surface area contributed by atoms with Crippen molar-refractivity contribution < 1.29 is 36.6 Å². The Morgan fingerprint density at radius 1 is 1.12 bits per heavy atom. The van der Waals surface area contributed by atoms with Crippen molar-refractivity contribution in [2.24, 2.45) is 0 Å². The third-order valence-corrected chi connectivity index (χ3v) is 6.90. The van der Waals surface area contributed by atoms with Crippen molar-refractivity contribution in [3.8, 4) is 11.5 Å². The van der Waals surface area contributed by atoms with Crippen molar-refractivity contribution in [3.63, 3.8) is 0 Å². The van der Waals surface area contributed by atoms with Crippen LogP contribution in [0.1, 0.15) is 28.8 Å². The van der Waals surface area contributed by atoms with Gasteiger partial charge in [-0.3, -0.25) is 14.4 Å². The minimum atomic E-state index is -3.04. The summed E-state index contributed by atoms with van der Waals surface area (Å²) in [7, 11) is 3.76. The molecule has 40 heavy (non-hydrogen) atoms. The molecule has 1 saturated heterocycles. The van der Waals surface area contributed by atoms with Gasteiger partial charge in [0.2, 0.25) is 5.91 Å². The van der Waals surface area contributed by atoms with Gasteiger partial charge in [-0.15, -0.1) is 9.24 Å². The summed E-state index contributed by atoms with van der Waals surface area (Å²) >= 11 is 0. The first-order valence-corrected chi connectivity index (χ1v) is 12.7. The highest BCUT2D eigenvalue weighted by molar-refractivity contribution is 7.27. The molecule has 8 nitrogen and oxygen atoms in total. The van der Waals surface area contributed by atoms with E-state index in [9.17, 15) is 27.6 Å². The van der Waals surface area contributed by atoms with E-state index < -0.39 is 47.9 Å². The molecule has 2 unspecified atom stereocenters. The van der Waals surface area contributed by atoms with Crippen LogP contribution in [0, 0.1) is 5.82 Å². The Hall–Kier alpha value is -3.92. The number of anilines is 1. The molecule has 4 rings (SSSR count). The van der Waals surface area contributed by atoms with Crippen molar-refractivity contribution in [1.82, 2.24) is 9.88 Å². The van der Waals surface area contributed by atoms with Crippen LogP contribution in [-0.4, -0.2) is 48.9 Å². The molecule has 1 fully saturated rings. The van der Waals surface area contributed by atoms with E-state index in [2.05, 4.69) is 19.3 Å². The van der Waals surface area contributed by atoms with E-state index in [1.54, 1.807) is 6.07 Å². The number of halogens is 4. The molecular formula is C27H26F4N3O5P. The van der Waals surface area contributed by atoms with Gasteiger partial charge in [-0.2, -0.15) is 8.78 Å². The van der Waals surface area contributed by atoms with Gasteiger partial charge in [-0.25, -0.2) is 8.78 Å². The van der Waals surface area contributed by atoms with Gasteiger partial charge in [0.05, 0.1) is 13.7 Å². The number of amides is 2. The maximum atomic E-state index is 15.4. The third-order valence-electron chi connectivity index (χ3n) is 6.42. The Bertz CT molecular complexity index is 1440. The summed E-state index contributed by atoms with van der Waals surface area (Å²) in [5, 5.41) is 2.98. The van der Waals surface area contributed by atoms with E-state index in [0.717, 1.165) is 15.5 Å². The quantitative estimate of drug-likeness (QED) is 0.310. The predicted molar refractivity (Wildman–Crippen MR) is 143 cm³/mol. The van der Waals surface area contributed by atoms with Gasteiger partial charge in [-0.1, -0.05) is 0 Å². The number of nitrogens with zero attached hydrogens (tertiary/aromatic N) is 2. The summed E-state index contributed by atoms with van der Waals surface area (Å²) in [5.41, 5.74) is -0.530. The molecule has 13 heteroatoms. The fraction of sp³-hybridized carbons (Fsp3) is 0.296. The number of aromatic nitrogens is 1. The summed E-state index contributed by atoms with van der Waals surface area (Å²) in [5.74, 6) is -2.96. The molecular weight excluding hydrogens is 553 g/mol. The molecule has 4 atom stereocenters. The second-order valence-electron chi connectivity index (χ2n) is 9.15. The lowest BCUT2D eigenvalue weighted by molar-refractivity contribution is -0.118. The second-order valence-corrected chi connectivity index (χ2v) is 9.78. The zero-order chi connectivity index (χ0) is 29.1. The molecule has 2 aromatic carbocycles. The van der Waals surface area contributed by atoms with Crippen molar-refractivity contribution in [1.29, 1.82) is 0 Å². The molecule has 0 radical (unpaired) electrons. The molecule has 0 saturated carbocycles. The number of carbonyl (C=O) groups excluding carboxylic acids is 2. The molecule has 0 aliphatic carbocycles. The number of hydrogen-bond acceptors (Lipinski definition) is 5. The van der Waals surface area contributed by atoms with E-state index in [1.165, 1.54) is 56.6 Å². The van der Waals surface area contributed by atoms with E-state index in [1.807, 2.05) is 0 Å². The third kappa shape index (κ3) is 6.12. The molecule has 1 N–H and O–H groups in total. The summed E-state index contributed by atoms with van der Waals surface area (Å²) < 4.78 is 64.5. The van der Waals surface area contributed by atoms with Crippen LogP contribution in [0.5, 0.6) is 11.5 Å². The normalized spacial score (nSPS) is 17.7. The van der Waals surface area contributed by atoms with Crippen LogP contribution in [-0.2, 0) is 11.3 Å². The smallest absolute Gasteiger partial charge is 0.387 e. The first-order valence-electron chi connectivity index (χ1n) is 12.1. The zero-order valence-corrected chi connectivity index (χ0v) is 22.6. The van der Waals surface area contributed by atoms with Gasteiger partial charge in [0.15, 0.2) is 0 Å². The van der Waals surface area contributed by atoms with Gasteiger partial charge in [-0.05, 0) is 54.7 Å². The highest BCUT2D eigenvalue weighted by Crippen LogP contribution is 2.34. The molecule has 0 spiro atoms. The Labute approximate surface area is 229 Å². The van der Waals surface area contributed by atoms with Crippen LogP contribution in [0.25, 0.3) is 0 Å². The number of ether oxygens (including phenoxy) is 2. The number of pyridine rings is 1. The number of hydrogen-bond donors (Lipinski definition) is 1. The summed E-state index contributed by atoms with van der Waals surface area (Å²) in [4.78, 5) is 41.1. The minimum absolute atomic E-state index is 0.0342. The molecule has 2 heterocycles. The topological polar surface area (TPSA) is 89.9 Å². The number of alkyl halides is 3. The van der Waals surface area contributed by atoms with Crippen LogP contribution in [0.4, 0.5) is 23.2 Å². The number of methoxy groups -OCH3 is 1. The Balaban J connectivity index is 1.72. The first-order chi connectivity index (χ1) is 19.0. The van der Waals surface area contributed by atoms with Gasteiger partial charge in [0, 0.05) is 35.9 Å². The van der Waals surface area contributed by atoms with E-state index in [0.29, 0.717) is 5.30 Å². The minimum Gasteiger partial charge on any atom is -0.497 e. The molecule has 212 valence electrons.